The Morgan fingerprint density at radius 3 is 2.43 bits per heavy atom. The molecule has 2 N–H and O–H groups in total. The van der Waals surface area contributed by atoms with Gasteiger partial charge in [0.15, 0.2) is 11.5 Å². The number of fused-ring (bicyclic) bond motifs is 1. The van der Waals surface area contributed by atoms with Crippen molar-refractivity contribution in [1.29, 1.82) is 0 Å². The molecule has 0 bridgehead atoms. The summed E-state index contributed by atoms with van der Waals surface area (Å²) in [6, 6.07) is 11.9. The van der Waals surface area contributed by atoms with Crippen LogP contribution < -0.4 is 20.1 Å². The Labute approximate surface area is 169 Å². The lowest BCUT2D eigenvalue weighted by atomic mass is 9.96. The molecule has 3 rings (SSSR count). The van der Waals surface area contributed by atoms with Crippen molar-refractivity contribution in [1.82, 2.24) is 5.32 Å². The zero-order valence-electron chi connectivity index (χ0n) is 15.8. The average Bonchev–Trinajstić information content (AvgIpc) is 2.91. The van der Waals surface area contributed by atoms with E-state index in [0.29, 0.717) is 35.4 Å². The number of amides is 2. The van der Waals surface area contributed by atoms with Crippen molar-refractivity contribution < 1.29 is 19.1 Å². The monoisotopic (exact) mass is 402 g/mol. The van der Waals surface area contributed by atoms with Crippen LogP contribution in [0.3, 0.4) is 0 Å². The highest BCUT2D eigenvalue weighted by molar-refractivity contribution is 6.39. The third-order valence-electron chi connectivity index (χ3n) is 4.41. The van der Waals surface area contributed by atoms with Gasteiger partial charge in [-0.1, -0.05) is 43.6 Å². The summed E-state index contributed by atoms with van der Waals surface area (Å²) in [5, 5.41) is 5.92. The summed E-state index contributed by atoms with van der Waals surface area (Å²) in [5.74, 6) is -0.266. The zero-order valence-corrected chi connectivity index (χ0v) is 16.6. The zero-order chi connectivity index (χ0) is 20.1. The summed E-state index contributed by atoms with van der Waals surface area (Å²) >= 11 is 6.26. The van der Waals surface area contributed by atoms with Gasteiger partial charge in [-0.2, -0.15) is 0 Å². The molecule has 2 aromatic rings. The Morgan fingerprint density at radius 2 is 1.71 bits per heavy atom. The van der Waals surface area contributed by atoms with Gasteiger partial charge in [0.1, 0.15) is 0 Å². The van der Waals surface area contributed by atoms with Crippen LogP contribution >= 0.6 is 11.6 Å². The minimum absolute atomic E-state index is 0.0506. The lowest BCUT2D eigenvalue weighted by Crippen LogP contribution is -2.39. The minimum Gasteiger partial charge on any atom is -0.490 e. The van der Waals surface area contributed by atoms with Crippen LogP contribution in [0.5, 0.6) is 11.5 Å². The molecule has 0 spiro atoms. The van der Waals surface area contributed by atoms with E-state index in [-0.39, 0.29) is 12.0 Å². The van der Waals surface area contributed by atoms with Crippen LogP contribution in [0, 0.1) is 5.92 Å². The number of carbonyl (C=O) groups excluding carboxylic acids is 2. The quantitative estimate of drug-likeness (QED) is 0.759. The normalized spacial score (nSPS) is 14.1. The summed E-state index contributed by atoms with van der Waals surface area (Å²) in [6.07, 6.45) is 0.789. The van der Waals surface area contributed by atoms with Gasteiger partial charge in [-0.15, -0.1) is 0 Å². The molecule has 1 heterocycles. The molecule has 7 heteroatoms. The van der Waals surface area contributed by atoms with Gasteiger partial charge in [0.2, 0.25) is 0 Å². The molecule has 0 fully saturated rings. The fourth-order valence-electron chi connectivity index (χ4n) is 2.97. The first-order valence-electron chi connectivity index (χ1n) is 9.21. The first-order chi connectivity index (χ1) is 13.5. The Kier molecular flexibility index (Phi) is 6.41. The van der Waals surface area contributed by atoms with E-state index in [1.165, 1.54) is 0 Å². The van der Waals surface area contributed by atoms with E-state index in [9.17, 15) is 9.59 Å². The topological polar surface area (TPSA) is 76.7 Å². The number of rotatable bonds is 4. The molecule has 1 aliphatic heterocycles. The van der Waals surface area contributed by atoms with Gasteiger partial charge in [-0.25, -0.2) is 0 Å². The standard InChI is InChI=1S/C21H23ClN2O4/c1-13(2)19(15-6-3-4-7-16(15)22)24-21(26)20(25)23-14-8-9-17-18(12-14)28-11-5-10-27-17/h3-4,6-9,12-13,19H,5,10-11H2,1-2H3,(H,23,25)(H,24,26). The van der Waals surface area contributed by atoms with E-state index in [1.807, 2.05) is 32.0 Å². The second kappa shape index (κ2) is 8.97. The van der Waals surface area contributed by atoms with Crippen LogP contribution in [-0.2, 0) is 9.59 Å². The third-order valence-corrected chi connectivity index (χ3v) is 4.75. The largest absolute Gasteiger partial charge is 0.490 e. The third kappa shape index (κ3) is 4.75. The first kappa shape index (κ1) is 20.0. The Hall–Kier alpha value is -2.73. The lowest BCUT2D eigenvalue weighted by Gasteiger charge is -2.23. The minimum atomic E-state index is -0.757. The molecule has 0 aliphatic carbocycles. The molecule has 28 heavy (non-hydrogen) atoms. The maximum atomic E-state index is 12.5. The van der Waals surface area contributed by atoms with E-state index >= 15 is 0 Å². The van der Waals surface area contributed by atoms with Crippen molar-refractivity contribution in [2.75, 3.05) is 18.5 Å². The smallest absolute Gasteiger partial charge is 0.313 e. The van der Waals surface area contributed by atoms with Gasteiger partial charge in [0.05, 0.1) is 19.3 Å². The molecule has 0 saturated carbocycles. The lowest BCUT2D eigenvalue weighted by molar-refractivity contribution is -0.136. The van der Waals surface area contributed by atoms with E-state index in [2.05, 4.69) is 10.6 Å². The van der Waals surface area contributed by atoms with Gasteiger partial charge in [-0.3, -0.25) is 9.59 Å². The average molecular weight is 403 g/mol. The van der Waals surface area contributed by atoms with Crippen LogP contribution in [0.2, 0.25) is 5.02 Å². The van der Waals surface area contributed by atoms with E-state index in [1.54, 1.807) is 24.3 Å². The Balaban J connectivity index is 1.69. The molecule has 2 aromatic carbocycles. The second-order valence-corrected chi connectivity index (χ2v) is 7.29. The molecule has 1 atom stereocenters. The first-order valence-corrected chi connectivity index (χ1v) is 9.59. The van der Waals surface area contributed by atoms with Crippen LogP contribution in [0.15, 0.2) is 42.5 Å². The van der Waals surface area contributed by atoms with Gasteiger partial charge in [0, 0.05) is 23.2 Å². The molecule has 2 amide bonds. The number of carbonyl (C=O) groups is 2. The van der Waals surface area contributed by atoms with Crippen molar-refractivity contribution in [3.63, 3.8) is 0 Å². The second-order valence-electron chi connectivity index (χ2n) is 6.88. The van der Waals surface area contributed by atoms with Crippen molar-refractivity contribution in [3.8, 4) is 11.5 Å². The number of hydrogen-bond donors (Lipinski definition) is 2. The van der Waals surface area contributed by atoms with E-state index in [4.69, 9.17) is 21.1 Å². The van der Waals surface area contributed by atoms with Gasteiger partial charge in [0.25, 0.3) is 0 Å². The number of ether oxygens (including phenoxy) is 2. The van der Waals surface area contributed by atoms with Crippen molar-refractivity contribution >= 4 is 29.1 Å². The highest BCUT2D eigenvalue weighted by atomic mass is 35.5. The summed E-state index contributed by atoms with van der Waals surface area (Å²) in [7, 11) is 0. The number of anilines is 1. The van der Waals surface area contributed by atoms with Crippen molar-refractivity contribution in [2.45, 2.75) is 26.3 Å². The summed E-state index contributed by atoms with van der Waals surface area (Å²) in [4.78, 5) is 24.9. The predicted octanol–water partition coefficient (Wildman–Crippen LogP) is 3.95. The molecule has 6 nitrogen and oxygen atoms in total. The van der Waals surface area contributed by atoms with Crippen LogP contribution in [0.4, 0.5) is 5.69 Å². The maximum Gasteiger partial charge on any atom is 0.313 e. The summed E-state index contributed by atoms with van der Waals surface area (Å²) < 4.78 is 11.2. The molecule has 1 aliphatic rings. The summed E-state index contributed by atoms with van der Waals surface area (Å²) in [5.41, 5.74) is 1.24. The highest BCUT2D eigenvalue weighted by Gasteiger charge is 2.24. The predicted molar refractivity (Wildman–Crippen MR) is 108 cm³/mol. The van der Waals surface area contributed by atoms with Gasteiger partial charge < -0.3 is 20.1 Å². The van der Waals surface area contributed by atoms with Crippen LogP contribution in [0.1, 0.15) is 31.9 Å². The van der Waals surface area contributed by atoms with E-state index in [0.717, 1.165) is 12.0 Å². The molecular weight excluding hydrogens is 380 g/mol. The summed E-state index contributed by atoms with van der Waals surface area (Å²) in [6.45, 7) is 5.03. The molecule has 0 aromatic heterocycles. The van der Waals surface area contributed by atoms with Crippen LogP contribution in [0.25, 0.3) is 0 Å². The van der Waals surface area contributed by atoms with E-state index < -0.39 is 11.8 Å². The van der Waals surface area contributed by atoms with Gasteiger partial charge in [-0.05, 0) is 29.7 Å². The molecule has 0 saturated heterocycles. The van der Waals surface area contributed by atoms with Crippen LogP contribution in [-0.4, -0.2) is 25.0 Å². The Morgan fingerprint density at radius 1 is 1.00 bits per heavy atom. The highest BCUT2D eigenvalue weighted by Crippen LogP contribution is 2.32. The number of hydrogen-bond acceptors (Lipinski definition) is 4. The Bertz CT molecular complexity index is 869. The van der Waals surface area contributed by atoms with Crippen molar-refractivity contribution in [2.24, 2.45) is 5.92 Å². The number of benzene rings is 2. The SMILES string of the molecule is CC(C)C(NC(=O)C(=O)Nc1ccc2c(c1)OCCCO2)c1ccccc1Cl. The fraction of sp³-hybridized carbons (Fsp3) is 0.333. The molecule has 1 unspecified atom stereocenters. The molecule has 0 radical (unpaired) electrons. The molecular formula is C21H23ClN2O4. The number of halogens is 1. The molecule has 148 valence electrons. The van der Waals surface area contributed by atoms with Gasteiger partial charge >= 0.3 is 11.8 Å². The fourth-order valence-corrected chi connectivity index (χ4v) is 3.22. The number of nitrogens with one attached hydrogen (secondary N) is 2. The maximum absolute atomic E-state index is 12.5. The van der Waals surface area contributed by atoms with Crippen molar-refractivity contribution in [3.05, 3.63) is 53.1 Å².